The quantitative estimate of drug-likeness (QED) is 0.113. The minimum absolute atomic E-state index is 0.0159. The van der Waals surface area contributed by atoms with Gasteiger partial charge in [0.05, 0.1) is 12.7 Å². The molecule has 0 bridgehead atoms. The number of rotatable bonds is 11. The number of halogens is 3. The predicted molar refractivity (Wildman–Crippen MR) is 183 cm³/mol. The normalized spacial score (nSPS) is 20.9. The molecule has 1 aliphatic rings. The van der Waals surface area contributed by atoms with Gasteiger partial charge >= 0.3 is 6.18 Å². The van der Waals surface area contributed by atoms with Crippen LogP contribution in [0.25, 0.3) is 0 Å². The Bertz CT molecular complexity index is 1280. The van der Waals surface area contributed by atoms with Crippen LogP contribution in [0.1, 0.15) is 62.3 Å². The molecule has 2 aromatic rings. The van der Waals surface area contributed by atoms with Crippen molar-refractivity contribution in [2.75, 3.05) is 6.61 Å². The van der Waals surface area contributed by atoms with E-state index in [2.05, 4.69) is 54.6 Å². The van der Waals surface area contributed by atoms with Gasteiger partial charge in [-0.25, -0.2) is 0 Å². The first-order valence-corrected chi connectivity index (χ1v) is 20.6. The van der Waals surface area contributed by atoms with E-state index in [0.29, 0.717) is 0 Å². The first-order valence-electron chi connectivity index (χ1n) is 15.8. The number of hydrogen-bond donors (Lipinski definition) is 1. The lowest BCUT2D eigenvalue weighted by Crippen LogP contribution is -2.68. The summed E-state index contributed by atoms with van der Waals surface area (Å²) >= 11 is 0. The van der Waals surface area contributed by atoms with E-state index in [-0.39, 0.29) is 11.6 Å². The minimum atomic E-state index is -4.96. The molecule has 11 heteroatoms. The standard InChI is InChI=1S/C35H52F3NO5Si2/c1-25(44-46(33(5,6)7,26-18-14-12-15-19-26)27-20-16-13-17-21-27)28(41-31(39)35(36,37)38)22-23-29-30(43-34(8,9)42-29)24-40-45(10,11)32(2,3)4/h12-23,25,28-30,39H,24H2,1-11H3/b23-22+,39-31?/t25-,28-,29-,30-/m0/s1. The Morgan fingerprint density at radius 3 is 1.83 bits per heavy atom. The van der Waals surface area contributed by atoms with E-state index < -0.39 is 64.0 Å². The van der Waals surface area contributed by atoms with Crippen LogP contribution in [0.3, 0.4) is 0 Å². The molecule has 1 fully saturated rings. The van der Waals surface area contributed by atoms with E-state index >= 15 is 0 Å². The van der Waals surface area contributed by atoms with Crippen molar-refractivity contribution in [2.24, 2.45) is 0 Å². The molecule has 0 aromatic heterocycles. The number of ether oxygens (including phenoxy) is 3. The van der Waals surface area contributed by atoms with E-state index in [1.165, 1.54) is 6.08 Å². The van der Waals surface area contributed by atoms with Crippen LogP contribution < -0.4 is 10.4 Å². The van der Waals surface area contributed by atoms with E-state index in [9.17, 15) is 13.2 Å². The van der Waals surface area contributed by atoms with Gasteiger partial charge < -0.3 is 23.1 Å². The molecule has 1 N–H and O–H groups in total. The molecule has 2 aromatic carbocycles. The third-order valence-electron chi connectivity index (χ3n) is 8.88. The SMILES string of the molecule is C[C@H](O[Si](c1ccccc1)(c1ccccc1)C(C)(C)C)[C@H](/C=C/[C@@H]1OC(C)(C)O[C@H]1CO[Si](C)(C)C(C)(C)C)OC(=N)C(F)(F)F. The highest BCUT2D eigenvalue weighted by Gasteiger charge is 2.52. The summed E-state index contributed by atoms with van der Waals surface area (Å²) in [5.41, 5.74) is 0. The summed E-state index contributed by atoms with van der Waals surface area (Å²) in [5, 5.41) is 9.25. The molecule has 256 valence electrons. The van der Waals surface area contributed by atoms with Crippen molar-refractivity contribution in [2.45, 2.75) is 122 Å². The van der Waals surface area contributed by atoms with Crippen molar-refractivity contribution >= 4 is 32.9 Å². The highest BCUT2D eigenvalue weighted by molar-refractivity contribution is 6.99. The Balaban J connectivity index is 2.03. The number of nitrogens with one attached hydrogen (secondary N) is 1. The van der Waals surface area contributed by atoms with Crippen LogP contribution in [-0.4, -0.2) is 65.5 Å². The third kappa shape index (κ3) is 8.99. The van der Waals surface area contributed by atoms with Crippen molar-refractivity contribution in [1.29, 1.82) is 5.41 Å². The smallest absolute Gasteiger partial charge is 0.464 e. The molecule has 1 aliphatic heterocycles. The van der Waals surface area contributed by atoms with Gasteiger partial charge in [0.1, 0.15) is 18.3 Å². The second-order valence-electron chi connectivity index (χ2n) is 15.0. The molecule has 4 atom stereocenters. The van der Waals surface area contributed by atoms with Gasteiger partial charge in [-0.2, -0.15) is 13.2 Å². The van der Waals surface area contributed by atoms with E-state index in [4.69, 9.17) is 28.5 Å². The number of hydrogen-bond acceptors (Lipinski definition) is 6. The fraction of sp³-hybridized carbons (Fsp3) is 0.571. The summed E-state index contributed by atoms with van der Waals surface area (Å²) in [6.45, 7) is 22.6. The Labute approximate surface area is 275 Å². The Kier molecular flexibility index (Phi) is 11.7. The monoisotopic (exact) mass is 679 g/mol. The molecule has 0 radical (unpaired) electrons. The summed E-state index contributed by atoms with van der Waals surface area (Å²) in [5.74, 6) is -2.72. The molecule has 0 saturated carbocycles. The predicted octanol–water partition coefficient (Wildman–Crippen LogP) is 7.97. The van der Waals surface area contributed by atoms with Crippen molar-refractivity contribution in [3.8, 4) is 0 Å². The zero-order chi connectivity index (χ0) is 34.8. The van der Waals surface area contributed by atoms with Crippen LogP contribution in [0.15, 0.2) is 72.8 Å². The lowest BCUT2D eigenvalue weighted by Gasteiger charge is -2.45. The molecule has 0 unspecified atom stereocenters. The molecule has 1 heterocycles. The molecule has 0 spiro atoms. The molecular weight excluding hydrogens is 628 g/mol. The largest absolute Gasteiger partial charge is 0.467 e. The van der Waals surface area contributed by atoms with Crippen LogP contribution in [0.5, 0.6) is 0 Å². The molecule has 0 amide bonds. The average molecular weight is 680 g/mol. The first-order chi connectivity index (χ1) is 21.0. The van der Waals surface area contributed by atoms with Gasteiger partial charge in [-0.1, -0.05) is 108 Å². The van der Waals surface area contributed by atoms with Gasteiger partial charge in [-0.15, -0.1) is 0 Å². The Morgan fingerprint density at radius 1 is 0.891 bits per heavy atom. The molecular formula is C35H52F3NO5Si2. The van der Waals surface area contributed by atoms with E-state index in [0.717, 1.165) is 10.4 Å². The Hall–Kier alpha value is -2.29. The fourth-order valence-electron chi connectivity index (χ4n) is 5.41. The van der Waals surface area contributed by atoms with E-state index in [1.807, 2.05) is 60.7 Å². The topological polar surface area (TPSA) is 70.0 Å². The summed E-state index contributed by atoms with van der Waals surface area (Å²) in [7, 11) is -5.27. The van der Waals surface area contributed by atoms with E-state index in [1.54, 1.807) is 26.8 Å². The Morgan fingerprint density at radius 2 is 1.39 bits per heavy atom. The van der Waals surface area contributed by atoms with Crippen LogP contribution in [-0.2, 0) is 23.1 Å². The van der Waals surface area contributed by atoms with Gasteiger partial charge in [0.2, 0.25) is 0 Å². The highest BCUT2D eigenvalue weighted by atomic mass is 28.4. The van der Waals surface area contributed by atoms with Crippen LogP contribution in [0.4, 0.5) is 13.2 Å². The first kappa shape index (κ1) is 38.2. The number of alkyl halides is 3. The second kappa shape index (κ2) is 14.1. The zero-order valence-corrected chi connectivity index (χ0v) is 31.1. The van der Waals surface area contributed by atoms with Gasteiger partial charge in [0.25, 0.3) is 14.2 Å². The van der Waals surface area contributed by atoms with Crippen molar-refractivity contribution in [3.63, 3.8) is 0 Å². The van der Waals surface area contributed by atoms with Gasteiger partial charge in [0.15, 0.2) is 14.1 Å². The molecule has 46 heavy (non-hydrogen) atoms. The summed E-state index contributed by atoms with van der Waals surface area (Å²) in [6, 6.07) is 19.7. The van der Waals surface area contributed by atoms with Crippen LogP contribution in [0.2, 0.25) is 23.2 Å². The van der Waals surface area contributed by atoms with Crippen molar-refractivity contribution in [3.05, 3.63) is 72.8 Å². The van der Waals surface area contributed by atoms with Gasteiger partial charge in [0, 0.05) is 0 Å². The van der Waals surface area contributed by atoms with Gasteiger partial charge in [-0.3, -0.25) is 5.41 Å². The van der Waals surface area contributed by atoms with Crippen LogP contribution >= 0.6 is 0 Å². The maximum Gasteiger partial charge on any atom is 0.467 e. The van der Waals surface area contributed by atoms with Crippen molar-refractivity contribution < 1.29 is 36.2 Å². The second-order valence-corrected chi connectivity index (χ2v) is 24.1. The maximum atomic E-state index is 13.7. The minimum Gasteiger partial charge on any atom is -0.464 e. The molecule has 3 rings (SSSR count). The average Bonchev–Trinajstić information content (AvgIpc) is 3.24. The maximum absolute atomic E-state index is 13.7. The van der Waals surface area contributed by atoms with Gasteiger partial charge in [-0.05, 0) is 60.4 Å². The van der Waals surface area contributed by atoms with Crippen molar-refractivity contribution in [1.82, 2.24) is 0 Å². The molecule has 1 saturated heterocycles. The fourth-order valence-corrected chi connectivity index (χ4v) is 11.1. The molecule has 0 aliphatic carbocycles. The summed E-state index contributed by atoms with van der Waals surface area (Å²) < 4.78 is 72.3. The highest BCUT2D eigenvalue weighted by Crippen LogP contribution is 2.40. The molecule has 6 nitrogen and oxygen atoms in total. The lowest BCUT2D eigenvalue weighted by atomic mass is 10.1. The summed E-state index contributed by atoms with van der Waals surface area (Å²) in [4.78, 5) is 0. The third-order valence-corrected chi connectivity index (χ3v) is 18.5. The van der Waals surface area contributed by atoms with Crippen LogP contribution in [0, 0.1) is 5.41 Å². The zero-order valence-electron chi connectivity index (χ0n) is 29.1. The summed E-state index contributed by atoms with van der Waals surface area (Å²) in [6.07, 6.45) is -5.04. The number of benzene rings is 2. The lowest BCUT2D eigenvalue weighted by molar-refractivity contribution is -0.145.